The number of hydrogen-bond acceptors (Lipinski definition) is 8. The number of carbonyl (C=O) groups is 2. The average molecular weight is 492 g/mol. The van der Waals surface area contributed by atoms with Crippen molar-refractivity contribution in [1.82, 2.24) is 19.9 Å². The molecule has 2 aromatic heterocycles. The van der Waals surface area contributed by atoms with Crippen LogP contribution < -0.4 is 15.5 Å². The van der Waals surface area contributed by atoms with Crippen LogP contribution in [0.1, 0.15) is 24.1 Å². The number of fused-ring (bicyclic) bond motifs is 1. The Hall–Kier alpha value is -3.86. The standard InChI is InChI=1S/C24H25N7O3S/c1-3-20(32)26-16-5-4-6-19(11-16)31-21-15(13-30(24(31)33)18-7-8-18)12-25-22(28-21)29-23-27-17(14-34-23)9-10-35-2/h3-6,11-12,14,18H,1,7-10,13H2,2H3,(H,26,32)(H,25,27,28,29). The summed E-state index contributed by atoms with van der Waals surface area (Å²) in [6, 6.07) is 7.43. The molecule has 0 atom stereocenters. The Morgan fingerprint density at radius 1 is 1.34 bits per heavy atom. The molecule has 0 unspecified atom stereocenters. The number of urea groups is 1. The predicted octanol–water partition coefficient (Wildman–Crippen LogP) is 4.47. The number of oxazole rings is 1. The van der Waals surface area contributed by atoms with Crippen molar-refractivity contribution in [2.45, 2.75) is 31.8 Å². The molecule has 3 aromatic rings. The maximum atomic E-state index is 13.6. The molecular weight excluding hydrogens is 466 g/mol. The van der Waals surface area contributed by atoms with E-state index < -0.39 is 0 Å². The van der Waals surface area contributed by atoms with Crippen LogP contribution in [-0.4, -0.2) is 49.8 Å². The first-order valence-corrected chi connectivity index (χ1v) is 12.7. The molecule has 1 fully saturated rings. The van der Waals surface area contributed by atoms with Gasteiger partial charge in [0.1, 0.15) is 6.26 Å². The molecule has 0 spiro atoms. The second-order valence-electron chi connectivity index (χ2n) is 8.28. The zero-order chi connectivity index (χ0) is 24.4. The number of benzene rings is 1. The lowest BCUT2D eigenvalue weighted by Crippen LogP contribution is -2.46. The minimum atomic E-state index is -0.330. The third-order valence-corrected chi connectivity index (χ3v) is 6.32. The molecule has 0 saturated heterocycles. The number of hydrogen-bond donors (Lipinski definition) is 2. The molecule has 1 aliphatic carbocycles. The largest absolute Gasteiger partial charge is 0.432 e. The second-order valence-corrected chi connectivity index (χ2v) is 9.26. The SMILES string of the molecule is C=CC(=O)Nc1cccc(N2C(=O)N(C3CC3)Cc3cnc(Nc4nc(CCSC)co4)nc32)c1. The Morgan fingerprint density at radius 2 is 2.20 bits per heavy atom. The van der Waals surface area contributed by atoms with E-state index in [9.17, 15) is 9.59 Å². The van der Waals surface area contributed by atoms with Crippen LogP contribution in [0.3, 0.4) is 0 Å². The summed E-state index contributed by atoms with van der Waals surface area (Å²) in [5.41, 5.74) is 2.81. The summed E-state index contributed by atoms with van der Waals surface area (Å²) in [7, 11) is 0. The van der Waals surface area contributed by atoms with Crippen molar-refractivity contribution < 1.29 is 14.0 Å². The van der Waals surface area contributed by atoms with Crippen LogP contribution in [0.4, 0.5) is 34.0 Å². The van der Waals surface area contributed by atoms with E-state index in [1.54, 1.807) is 47.3 Å². The van der Waals surface area contributed by atoms with Crippen molar-refractivity contribution in [3.8, 4) is 0 Å². The van der Waals surface area contributed by atoms with E-state index in [1.165, 1.54) is 6.08 Å². The first kappa shape index (κ1) is 22.9. The van der Waals surface area contributed by atoms with Gasteiger partial charge in [0, 0.05) is 29.9 Å². The minimum absolute atomic E-state index is 0.160. The number of aryl methyl sites for hydroxylation is 1. The summed E-state index contributed by atoms with van der Waals surface area (Å²) in [5.74, 6) is 1.37. The van der Waals surface area contributed by atoms with Gasteiger partial charge < -0.3 is 14.6 Å². The zero-order valence-corrected chi connectivity index (χ0v) is 20.0. The normalized spacial score (nSPS) is 15.1. The molecule has 2 N–H and O–H groups in total. The van der Waals surface area contributed by atoms with Crippen LogP contribution >= 0.6 is 11.8 Å². The third-order valence-electron chi connectivity index (χ3n) is 5.71. The van der Waals surface area contributed by atoms with Gasteiger partial charge in [0.2, 0.25) is 11.9 Å². The summed E-state index contributed by atoms with van der Waals surface area (Å²) in [6.45, 7) is 3.93. The van der Waals surface area contributed by atoms with E-state index in [1.807, 2.05) is 17.2 Å². The Bertz CT molecular complexity index is 1270. The topological polar surface area (TPSA) is 116 Å². The zero-order valence-electron chi connectivity index (χ0n) is 19.2. The summed E-state index contributed by atoms with van der Waals surface area (Å²) >= 11 is 1.74. The number of rotatable bonds is 9. The highest BCUT2D eigenvalue weighted by Gasteiger charge is 2.41. The number of anilines is 5. The van der Waals surface area contributed by atoms with Gasteiger partial charge in [0.25, 0.3) is 0 Å². The molecule has 5 rings (SSSR count). The van der Waals surface area contributed by atoms with E-state index >= 15 is 0 Å². The van der Waals surface area contributed by atoms with E-state index in [2.05, 4.69) is 32.2 Å². The van der Waals surface area contributed by atoms with Gasteiger partial charge in [-0.25, -0.2) is 14.7 Å². The number of nitrogens with one attached hydrogen (secondary N) is 2. The Labute approximate surface area is 206 Å². The van der Waals surface area contributed by atoms with Crippen LogP contribution in [0.2, 0.25) is 0 Å². The summed E-state index contributed by atoms with van der Waals surface area (Å²) < 4.78 is 5.51. The van der Waals surface area contributed by atoms with E-state index in [4.69, 9.17) is 4.42 Å². The molecule has 10 nitrogen and oxygen atoms in total. The Morgan fingerprint density at radius 3 is 2.97 bits per heavy atom. The molecular formula is C24H25N7O3S. The first-order chi connectivity index (χ1) is 17.1. The van der Waals surface area contributed by atoms with Crippen molar-refractivity contribution in [2.24, 2.45) is 0 Å². The fourth-order valence-electron chi connectivity index (χ4n) is 3.84. The maximum Gasteiger partial charge on any atom is 0.330 e. The average Bonchev–Trinajstić information content (AvgIpc) is 3.61. The quantitative estimate of drug-likeness (QED) is 0.421. The monoisotopic (exact) mass is 491 g/mol. The maximum absolute atomic E-state index is 13.6. The highest BCUT2D eigenvalue weighted by Crippen LogP contribution is 2.39. The van der Waals surface area contributed by atoms with Gasteiger partial charge in [-0.3, -0.25) is 10.1 Å². The van der Waals surface area contributed by atoms with Crippen LogP contribution in [-0.2, 0) is 17.8 Å². The molecule has 1 aliphatic heterocycles. The molecule has 35 heavy (non-hydrogen) atoms. The molecule has 0 bridgehead atoms. The summed E-state index contributed by atoms with van der Waals surface area (Å²) in [5, 5.41) is 5.74. The fourth-order valence-corrected chi connectivity index (χ4v) is 4.25. The lowest BCUT2D eigenvalue weighted by Gasteiger charge is -2.36. The smallest absolute Gasteiger partial charge is 0.330 e. The van der Waals surface area contributed by atoms with Crippen LogP contribution in [0, 0.1) is 0 Å². The molecule has 2 aliphatic rings. The molecule has 180 valence electrons. The lowest BCUT2D eigenvalue weighted by atomic mass is 10.1. The summed E-state index contributed by atoms with van der Waals surface area (Å²) in [6.07, 6.45) is 9.34. The van der Waals surface area contributed by atoms with Crippen molar-refractivity contribution >= 4 is 52.9 Å². The van der Waals surface area contributed by atoms with E-state index in [0.717, 1.165) is 36.3 Å². The highest BCUT2D eigenvalue weighted by molar-refractivity contribution is 7.98. The number of nitrogens with zero attached hydrogens (tertiary/aromatic N) is 5. The number of aromatic nitrogens is 3. The summed E-state index contributed by atoms with van der Waals surface area (Å²) in [4.78, 5) is 42.3. The van der Waals surface area contributed by atoms with Gasteiger partial charge in [-0.2, -0.15) is 21.7 Å². The fraction of sp³-hybridized carbons (Fsp3) is 0.292. The predicted molar refractivity (Wildman–Crippen MR) is 135 cm³/mol. The molecule has 1 saturated carbocycles. The van der Waals surface area contributed by atoms with Crippen molar-refractivity contribution in [1.29, 1.82) is 0 Å². The molecule has 3 amide bonds. The molecule has 0 radical (unpaired) electrons. The van der Waals surface area contributed by atoms with Gasteiger partial charge >= 0.3 is 12.0 Å². The van der Waals surface area contributed by atoms with Crippen molar-refractivity contribution in [3.63, 3.8) is 0 Å². The van der Waals surface area contributed by atoms with E-state index in [-0.39, 0.29) is 23.9 Å². The van der Waals surface area contributed by atoms with Gasteiger partial charge in [-0.15, -0.1) is 0 Å². The molecule has 3 heterocycles. The van der Waals surface area contributed by atoms with Crippen LogP contribution in [0.15, 0.2) is 53.8 Å². The lowest BCUT2D eigenvalue weighted by molar-refractivity contribution is -0.111. The first-order valence-electron chi connectivity index (χ1n) is 11.3. The van der Waals surface area contributed by atoms with Gasteiger partial charge in [0.15, 0.2) is 5.82 Å². The van der Waals surface area contributed by atoms with E-state index in [0.29, 0.717) is 29.8 Å². The molecule has 11 heteroatoms. The van der Waals surface area contributed by atoms with Gasteiger partial charge in [0.05, 0.1) is 17.9 Å². The second kappa shape index (κ2) is 9.79. The Balaban J connectivity index is 1.47. The third kappa shape index (κ3) is 4.99. The van der Waals surface area contributed by atoms with Gasteiger partial charge in [-0.1, -0.05) is 12.6 Å². The van der Waals surface area contributed by atoms with Crippen LogP contribution in [0.25, 0.3) is 0 Å². The highest BCUT2D eigenvalue weighted by atomic mass is 32.2. The molecule has 1 aromatic carbocycles. The van der Waals surface area contributed by atoms with Crippen molar-refractivity contribution in [2.75, 3.05) is 27.5 Å². The van der Waals surface area contributed by atoms with Crippen molar-refractivity contribution in [3.05, 3.63) is 60.6 Å². The number of thioether (sulfide) groups is 1. The van der Waals surface area contributed by atoms with Crippen LogP contribution in [0.5, 0.6) is 0 Å². The Kier molecular flexibility index (Phi) is 6.41. The number of carbonyl (C=O) groups excluding carboxylic acids is 2. The number of amides is 3. The van der Waals surface area contributed by atoms with Gasteiger partial charge in [-0.05, 0) is 49.1 Å². The minimum Gasteiger partial charge on any atom is -0.432 e.